The van der Waals surface area contributed by atoms with Crippen LogP contribution in [0.25, 0.3) is 5.69 Å². The molecule has 0 spiro atoms. The van der Waals surface area contributed by atoms with Crippen molar-refractivity contribution in [2.75, 3.05) is 37.9 Å². The highest BCUT2D eigenvalue weighted by atomic mass is 16.5. The smallest absolute Gasteiger partial charge is 0.324 e. The van der Waals surface area contributed by atoms with Gasteiger partial charge in [0.25, 0.3) is 0 Å². The van der Waals surface area contributed by atoms with E-state index in [1.165, 1.54) is 5.56 Å². The van der Waals surface area contributed by atoms with E-state index >= 15 is 0 Å². The fourth-order valence-electron chi connectivity index (χ4n) is 5.70. The Hall–Kier alpha value is -4.79. The molecule has 2 N–H and O–H groups in total. The molecule has 46 heavy (non-hydrogen) atoms. The van der Waals surface area contributed by atoms with Crippen LogP contribution in [0.15, 0.2) is 72.8 Å². The van der Waals surface area contributed by atoms with E-state index in [1.807, 2.05) is 72.5 Å². The average molecular weight is 624 g/mol. The van der Waals surface area contributed by atoms with Crippen molar-refractivity contribution in [2.24, 2.45) is 5.92 Å². The van der Waals surface area contributed by atoms with Gasteiger partial charge in [0.2, 0.25) is 5.91 Å². The number of piperidine rings is 1. The molecule has 9 heteroatoms. The van der Waals surface area contributed by atoms with E-state index < -0.39 is 0 Å². The molecule has 0 bridgehead atoms. The number of aromatic nitrogens is 2. The molecule has 0 radical (unpaired) electrons. The fourth-order valence-corrected chi connectivity index (χ4v) is 5.70. The predicted octanol–water partition coefficient (Wildman–Crippen LogP) is 7.16. The number of nitrogens with zero attached hydrogens (tertiary/aromatic N) is 3. The number of urea groups is 1. The maximum atomic E-state index is 13.0. The molecule has 4 aromatic rings. The molecule has 1 saturated heterocycles. The molecule has 0 atom stereocenters. The summed E-state index contributed by atoms with van der Waals surface area (Å²) in [4.78, 5) is 28.0. The Balaban J connectivity index is 1.13. The number of aryl methyl sites for hydroxylation is 1. The number of rotatable bonds is 9. The molecule has 1 fully saturated rings. The summed E-state index contributed by atoms with van der Waals surface area (Å²) in [5, 5.41) is 10.7. The molecule has 242 valence electrons. The molecular weight excluding hydrogens is 578 g/mol. The Kier molecular flexibility index (Phi) is 9.99. The van der Waals surface area contributed by atoms with E-state index in [-0.39, 0.29) is 17.4 Å². The van der Waals surface area contributed by atoms with Gasteiger partial charge in [-0.15, -0.1) is 0 Å². The number of amides is 3. The highest BCUT2D eigenvalue weighted by molar-refractivity contribution is 5.99. The zero-order valence-electron chi connectivity index (χ0n) is 27.7. The van der Waals surface area contributed by atoms with Crippen LogP contribution in [0, 0.1) is 12.8 Å². The van der Waals surface area contributed by atoms with E-state index in [0.717, 1.165) is 54.9 Å². The lowest BCUT2D eigenvalue weighted by Crippen LogP contribution is -2.39. The van der Waals surface area contributed by atoms with E-state index in [0.29, 0.717) is 35.3 Å². The normalized spacial score (nSPS) is 13.7. The summed E-state index contributed by atoms with van der Waals surface area (Å²) in [6, 6.07) is 23.3. The molecule has 0 aliphatic carbocycles. The third kappa shape index (κ3) is 8.27. The number of hydrogen-bond donors (Lipinski definition) is 2. The lowest BCUT2D eigenvalue weighted by atomic mass is 9.90. The van der Waals surface area contributed by atoms with E-state index in [1.54, 1.807) is 18.9 Å². The third-order valence-electron chi connectivity index (χ3n) is 8.47. The van der Waals surface area contributed by atoms with Crippen LogP contribution in [0.2, 0.25) is 0 Å². The lowest BCUT2D eigenvalue weighted by Gasteiger charge is -2.32. The Morgan fingerprint density at radius 3 is 2.07 bits per heavy atom. The van der Waals surface area contributed by atoms with Crippen LogP contribution in [0.1, 0.15) is 56.0 Å². The number of likely N-dealkylation sites (tertiary alicyclic amines) is 1. The molecule has 5 rings (SSSR count). The molecular formula is C37H45N5O4. The van der Waals surface area contributed by atoms with Gasteiger partial charge in [0.15, 0.2) is 0 Å². The van der Waals surface area contributed by atoms with Crippen LogP contribution in [0.5, 0.6) is 11.5 Å². The van der Waals surface area contributed by atoms with Gasteiger partial charge in [0.05, 0.1) is 32.0 Å². The third-order valence-corrected chi connectivity index (χ3v) is 8.47. The molecule has 0 unspecified atom stereocenters. The lowest BCUT2D eigenvalue weighted by molar-refractivity contribution is -0.131. The van der Waals surface area contributed by atoms with Gasteiger partial charge in [0, 0.05) is 36.3 Å². The van der Waals surface area contributed by atoms with Gasteiger partial charge in [-0.1, -0.05) is 50.6 Å². The Morgan fingerprint density at radius 2 is 1.48 bits per heavy atom. The summed E-state index contributed by atoms with van der Waals surface area (Å²) in [5.74, 6) is 2.60. The van der Waals surface area contributed by atoms with Crippen LogP contribution in [-0.2, 0) is 23.1 Å². The maximum Gasteiger partial charge on any atom is 0.324 e. The number of benzene rings is 3. The van der Waals surface area contributed by atoms with Crippen molar-refractivity contribution in [1.82, 2.24) is 14.7 Å². The van der Waals surface area contributed by atoms with Crippen molar-refractivity contribution in [3.05, 3.63) is 95.2 Å². The number of carbonyl (C=O) groups excluding carboxylic acids is 2. The first-order chi connectivity index (χ1) is 22.0. The topological polar surface area (TPSA) is 97.7 Å². The van der Waals surface area contributed by atoms with Gasteiger partial charge in [-0.05, 0) is 79.6 Å². The van der Waals surface area contributed by atoms with Gasteiger partial charge in [-0.25, -0.2) is 9.48 Å². The summed E-state index contributed by atoms with van der Waals surface area (Å²) < 4.78 is 12.5. The second-order valence-corrected chi connectivity index (χ2v) is 13.1. The summed E-state index contributed by atoms with van der Waals surface area (Å²) in [6.45, 7) is 9.85. The zero-order chi connectivity index (χ0) is 32.8. The minimum Gasteiger partial charge on any atom is -0.497 e. The number of methoxy groups -OCH3 is 2. The summed E-state index contributed by atoms with van der Waals surface area (Å²) in [6.07, 6.45) is 3.18. The second-order valence-electron chi connectivity index (χ2n) is 13.1. The molecule has 9 nitrogen and oxygen atoms in total. The highest BCUT2D eigenvalue weighted by Crippen LogP contribution is 2.28. The molecule has 1 aliphatic rings. The van der Waals surface area contributed by atoms with Crippen LogP contribution < -0.4 is 20.1 Å². The van der Waals surface area contributed by atoms with Gasteiger partial charge < -0.3 is 19.7 Å². The van der Waals surface area contributed by atoms with Crippen molar-refractivity contribution in [3.63, 3.8) is 0 Å². The van der Waals surface area contributed by atoms with Crippen LogP contribution >= 0.6 is 0 Å². The SMILES string of the molecule is COc1cc(CC(=O)N2CCC(Cc3ccc(NC(=O)Nc4cc(C(C)(C)C)nn4-c4ccc(C)cc4)cc3)CC2)cc(OC)c1. The van der Waals surface area contributed by atoms with Crippen molar-refractivity contribution in [3.8, 4) is 17.2 Å². The molecule has 1 aromatic heterocycles. The van der Waals surface area contributed by atoms with Crippen molar-refractivity contribution in [1.29, 1.82) is 0 Å². The van der Waals surface area contributed by atoms with Crippen LogP contribution in [-0.4, -0.2) is 53.9 Å². The Labute approximate surface area is 271 Å². The van der Waals surface area contributed by atoms with Crippen molar-refractivity contribution < 1.29 is 19.1 Å². The molecule has 1 aliphatic heterocycles. The average Bonchev–Trinajstić information content (AvgIpc) is 3.46. The van der Waals surface area contributed by atoms with Crippen molar-refractivity contribution >= 4 is 23.4 Å². The van der Waals surface area contributed by atoms with Gasteiger partial charge in [-0.2, -0.15) is 5.10 Å². The number of anilines is 2. The first-order valence-corrected chi connectivity index (χ1v) is 15.8. The maximum absolute atomic E-state index is 13.0. The van der Waals surface area contributed by atoms with Crippen LogP contribution in [0.3, 0.4) is 0 Å². The van der Waals surface area contributed by atoms with E-state index in [4.69, 9.17) is 14.6 Å². The summed E-state index contributed by atoms with van der Waals surface area (Å²) in [5.41, 5.74) is 5.58. The highest BCUT2D eigenvalue weighted by Gasteiger charge is 2.24. The molecule has 0 saturated carbocycles. The minimum absolute atomic E-state index is 0.124. The predicted molar refractivity (Wildman–Crippen MR) is 182 cm³/mol. The quantitative estimate of drug-likeness (QED) is 0.206. The minimum atomic E-state index is -0.328. The largest absolute Gasteiger partial charge is 0.497 e. The Morgan fingerprint density at radius 1 is 0.848 bits per heavy atom. The number of ether oxygens (including phenoxy) is 2. The molecule has 3 aromatic carbocycles. The number of hydrogen-bond acceptors (Lipinski definition) is 5. The summed E-state index contributed by atoms with van der Waals surface area (Å²) in [7, 11) is 3.22. The first-order valence-electron chi connectivity index (χ1n) is 15.8. The van der Waals surface area contributed by atoms with Gasteiger partial charge >= 0.3 is 6.03 Å². The van der Waals surface area contributed by atoms with Crippen molar-refractivity contribution in [2.45, 2.75) is 58.8 Å². The molecule has 3 amide bonds. The number of nitrogens with one attached hydrogen (secondary N) is 2. The first kappa shape index (κ1) is 32.6. The van der Waals surface area contributed by atoms with Gasteiger partial charge in [0.1, 0.15) is 17.3 Å². The fraction of sp³-hybridized carbons (Fsp3) is 0.378. The van der Waals surface area contributed by atoms with E-state index in [9.17, 15) is 9.59 Å². The Bertz CT molecular complexity index is 1620. The monoisotopic (exact) mass is 623 g/mol. The van der Waals surface area contributed by atoms with Crippen LogP contribution in [0.4, 0.5) is 16.3 Å². The zero-order valence-corrected chi connectivity index (χ0v) is 27.7. The van der Waals surface area contributed by atoms with E-state index in [2.05, 4.69) is 43.5 Å². The standard InChI is InChI=1S/C37H45N5O4/c1-25-7-13-30(14-8-25)42-34(24-33(40-42)37(2,3)4)39-36(44)38-29-11-9-26(10-12-29)19-27-15-17-41(18-16-27)35(43)22-28-20-31(45-5)23-32(21-28)46-6/h7-14,20-21,23-24,27H,15-19,22H2,1-6H3,(H2,38,39,44). The molecule has 2 heterocycles. The number of carbonyl (C=O) groups is 2. The summed E-state index contributed by atoms with van der Waals surface area (Å²) >= 11 is 0. The second kappa shape index (κ2) is 14.1. The van der Waals surface area contributed by atoms with Gasteiger partial charge in [-0.3, -0.25) is 10.1 Å².